The summed E-state index contributed by atoms with van der Waals surface area (Å²) in [6, 6.07) is 8.69. The van der Waals surface area contributed by atoms with Crippen LogP contribution >= 0.6 is 0 Å². The van der Waals surface area contributed by atoms with Crippen LogP contribution in [0.3, 0.4) is 0 Å². The lowest BCUT2D eigenvalue weighted by atomic mass is 9.89. The van der Waals surface area contributed by atoms with E-state index in [9.17, 15) is 14.7 Å². The van der Waals surface area contributed by atoms with Gasteiger partial charge >= 0.3 is 12.1 Å². The second kappa shape index (κ2) is 7.02. The van der Waals surface area contributed by atoms with Crippen LogP contribution in [0.5, 0.6) is 0 Å². The zero-order valence-corrected chi connectivity index (χ0v) is 13.2. The summed E-state index contributed by atoms with van der Waals surface area (Å²) in [5.74, 6) is -0.0752. The molecular formula is C18H23NO4. The average Bonchev–Trinajstić information content (AvgIpc) is 3.22. The number of carbonyl (C=O) groups excluding carboxylic acids is 1. The Balaban J connectivity index is 1.61. The normalized spacial score (nSPS) is 24.8. The molecule has 0 spiro atoms. The smallest absolute Gasteiger partial charge is 0.410 e. The highest BCUT2D eigenvalue weighted by atomic mass is 16.6. The van der Waals surface area contributed by atoms with Gasteiger partial charge in [-0.05, 0) is 23.8 Å². The third-order valence-electron chi connectivity index (χ3n) is 5.12. The quantitative estimate of drug-likeness (QED) is 0.925. The van der Waals surface area contributed by atoms with Gasteiger partial charge in [0.15, 0.2) is 0 Å². The van der Waals surface area contributed by atoms with Crippen molar-refractivity contribution in [2.45, 2.75) is 44.8 Å². The number of ether oxygens (including phenoxy) is 1. The number of rotatable bonds is 4. The molecule has 124 valence electrons. The summed E-state index contributed by atoms with van der Waals surface area (Å²) >= 11 is 0. The number of hydrogen-bond acceptors (Lipinski definition) is 3. The first-order valence-electron chi connectivity index (χ1n) is 8.35. The fraction of sp³-hybridized carbons (Fsp3) is 0.556. The number of likely N-dealkylation sites (tertiary alicyclic amines) is 1. The predicted molar refractivity (Wildman–Crippen MR) is 84.8 cm³/mol. The van der Waals surface area contributed by atoms with Crippen LogP contribution in [0.2, 0.25) is 0 Å². The Morgan fingerprint density at radius 2 is 1.83 bits per heavy atom. The van der Waals surface area contributed by atoms with Crippen molar-refractivity contribution in [1.29, 1.82) is 0 Å². The fourth-order valence-electron chi connectivity index (χ4n) is 3.88. The maximum Gasteiger partial charge on any atom is 0.410 e. The Bertz CT molecular complexity index is 553. The van der Waals surface area contributed by atoms with E-state index in [1.165, 1.54) is 17.7 Å². The van der Waals surface area contributed by atoms with Gasteiger partial charge in [-0.1, -0.05) is 56.0 Å². The number of carbonyl (C=O) groups is 2. The molecule has 2 aliphatic rings. The highest BCUT2D eigenvalue weighted by Gasteiger charge is 2.43. The van der Waals surface area contributed by atoms with Crippen LogP contribution in [0.25, 0.3) is 0 Å². The van der Waals surface area contributed by atoms with E-state index in [2.05, 4.69) is 0 Å². The number of carboxylic acid groups (broad SMARTS) is 1. The van der Waals surface area contributed by atoms with Gasteiger partial charge in [-0.15, -0.1) is 0 Å². The van der Waals surface area contributed by atoms with Gasteiger partial charge in [-0.3, -0.25) is 4.90 Å². The lowest BCUT2D eigenvalue weighted by molar-refractivity contribution is -0.141. The van der Waals surface area contributed by atoms with Gasteiger partial charge in [0.05, 0.1) is 0 Å². The number of carboxylic acids is 1. The number of hydrogen-bond donors (Lipinski definition) is 1. The molecule has 23 heavy (non-hydrogen) atoms. The van der Waals surface area contributed by atoms with Crippen molar-refractivity contribution in [2.75, 3.05) is 6.54 Å². The number of nitrogens with zero attached hydrogens (tertiary/aromatic N) is 1. The van der Waals surface area contributed by atoms with Gasteiger partial charge < -0.3 is 9.84 Å². The van der Waals surface area contributed by atoms with Crippen LogP contribution in [0, 0.1) is 11.8 Å². The van der Waals surface area contributed by atoms with Crippen molar-refractivity contribution in [3.05, 3.63) is 35.9 Å². The second-order valence-electron chi connectivity index (χ2n) is 6.59. The van der Waals surface area contributed by atoms with Gasteiger partial charge in [-0.25, -0.2) is 9.59 Å². The summed E-state index contributed by atoms with van der Waals surface area (Å²) in [6.07, 6.45) is 4.80. The molecule has 5 heteroatoms. The Hall–Kier alpha value is -2.04. The minimum atomic E-state index is -0.929. The van der Waals surface area contributed by atoms with E-state index in [0.717, 1.165) is 18.4 Å². The zero-order chi connectivity index (χ0) is 16.2. The number of aliphatic carboxylic acids is 1. The summed E-state index contributed by atoms with van der Waals surface area (Å²) in [4.78, 5) is 25.2. The van der Waals surface area contributed by atoms with E-state index < -0.39 is 18.1 Å². The van der Waals surface area contributed by atoms with Crippen LogP contribution < -0.4 is 0 Å². The van der Waals surface area contributed by atoms with Crippen molar-refractivity contribution in [3.63, 3.8) is 0 Å². The van der Waals surface area contributed by atoms with Gasteiger partial charge in [0.1, 0.15) is 12.6 Å². The molecule has 3 rings (SSSR count). The highest BCUT2D eigenvalue weighted by Crippen LogP contribution is 2.38. The van der Waals surface area contributed by atoms with E-state index in [-0.39, 0.29) is 6.61 Å². The maximum atomic E-state index is 12.3. The first-order chi connectivity index (χ1) is 11.1. The summed E-state index contributed by atoms with van der Waals surface area (Å²) in [5, 5.41) is 9.43. The molecule has 1 amide bonds. The van der Waals surface area contributed by atoms with Crippen LogP contribution in [-0.2, 0) is 16.1 Å². The van der Waals surface area contributed by atoms with Gasteiger partial charge in [0.2, 0.25) is 0 Å². The van der Waals surface area contributed by atoms with Crippen molar-refractivity contribution >= 4 is 12.1 Å². The number of benzene rings is 1. The van der Waals surface area contributed by atoms with Crippen LogP contribution in [0.1, 0.15) is 37.7 Å². The van der Waals surface area contributed by atoms with Crippen LogP contribution in [0.15, 0.2) is 30.3 Å². The third kappa shape index (κ3) is 3.66. The minimum Gasteiger partial charge on any atom is -0.480 e. The summed E-state index contributed by atoms with van der Waals surface area (Å²) in [6.45, 7) is 0.686. The van der Waals surface area contributed by atoms with Crippen LogP contribution in [0.4, 0.5) is 4.79 Å². The van der Waals surface area contributed by atoms with Gasteiger partial charge in [0.25, 0.3) is 0 Å². The van der Waals surface area contributed by atoms with Crippen molar-refractivity contribution in [3.8, 4) is 0 Å². The fourth-order valence-corrected chi connectivity index (χ4v) is 3.88. The number of amides is 1. The molecule has 1 aromatic rings. The molecule has 1 aliphatic carbocycles. The van der Waals surface area contributed by atoms with Gasteiger partial charge in [-0.2, -0.15) is 0 Å². The standard InChI is InChI=1S/C18H23NO4/c20-17(21)16-10-15(14-8-4-5-9-14)11-19(16)18(22)23-12-13-6-2-1-3-7-13/h1-3,6-7,14-16H,4-5,8-12H2,(H,20,21). The van der Waals surface area contributed by atoms with Gasteiger partial charge in [0, 0.05) is 6.54 Å². The largest absolute Gasteiger partial charge is 0.480 e. The molecule has 1 aromatic carbocycles. The molecule has 1 heterocycles. The molecule has 5 nitrogen and oxygen atoms in total. The molecule has 1 aliphatic heterocycles. The Morgan fingerprint density at radius 1 is 1.13 bits per heavy atom. The summed E-state index contributed by atoms with van der Waals surface area (Å²) in [5.41, 5.74) is 0.902. The average molecular weight is 317 g/mol. The van der Waals surface area contributed by atoms with Crippen molar-refractivity contribution in [1.82, 2.24) is 4.90 Å². The van der Waals surface area contributed by atoms with Crippen LogP contribution in [-0.4, -0.2) is 34.7 Å². The second-order valence-corrected chi connectivity index (χ2v) is 6.59. The van der Waals surface area contributed by atoms with E-state index in [1.54, 1.807) is 0 Å². The van der Waals surface area contributed by atoms with Crippen molar-refractivity contribution < 1.29 is 19.4 Å². The first kappa shape index (κ1) is 15.8. The molecule has 0 bridgehead atoms. The van der Waals surface area contributed by atoms with E-state index in [4.69, 9.17) is 4.74 Å². The molecule has 1 saturated heterocycles. The molecule has 1 N–H and O–H groups in total. The van der Waals surface area contributed by atoms with E-state index in [1.807, 2.05) is 30.3 Å². The van der Waals surface area contributed by atoms with Crippen molar-refractivity contribution in [2.24, 2.45) is 11.8 Å². The molecule has 2 fully saturated rings. The SMILES string of the molecule is O=C(O)C1CC(C2CCCC2)CN1C(=O)OCc1ccccc1. The lowest BCUT2D eigenvalue weighted by Gasteiger charge is -2.21. The molecule has 0 radical (unpaired) electrons. The Labute approximate surface area is 136 Å². The first-order valence-corrected chi connectivity index (χ1v) is 8.35. The predicted octanol–water partition coefficient (Wildman–Crippen LogP) is 3.29. The zero-order valence-electron chi connectivity index (χ0n) is 13.2. The molecule has 2 unspecified atom stereocenters. The third-order valence-corrected chi connectivity index (χ3v) is 5.12. The lowest BCUT2D eigenvalue weighted by Crippen LogP contribution is -2.40. The topological polar surface area (TPSA) is 66.8 Å². The molecular weight excluding hydrogens is 294 g/mol. The Morgan fingerprint density at radius 3 is 2.48 bits per heavy atom. The highest BCUT2D eigenvalue weighted by molar-refractivity contribution is 5.80. The molecule has 0 aromatic heterocycles. The maximum absolute atomic E-state index is 12.3. The minimum absolute atomic E-state index is 0.177. The van der Waals surface area contributed by atoms with E-state index >= 15 is 0 Å². The molecule has 1 saturated carbocycles. The molecule has 2 atom stereocenters. The Kier molecular flexibility index (Phi) is 4.84. The summed E-state index contributed by atoms with van der Waals surface area (Å²) in [7, 11) is 0. The summed E-state index contributed by atoms with van der Waals surface area (Å²) < 4.78 is 5.33. The monoisotopic (exact) mass is 317 g/mol. The van der Waals surface area contributed by atoms with E-state index in [0.29, 0.717) is 24.8 Å².